The standard InChI is InChI=1S/C32H43F3N4O/c33-32(34,35)18-9-5-3-1-2-4-6-13-27-14-12-15-28(25-27)38-23-21-37(22-24-38)19-10-11-20-39-30-17-8-7-16-29(30)36-31(39)26-40/h7-8,12,14-17,25-26H,1-6,9-11,13,18-24H2. The molecule has 0 unspecified atom stereocenters. The van der Waals surface area contributed by atoms with Crippen molar-refractivity contribution in [2.45, 2.75) is 83.4 Å². The van der Waals surface area contributed by atoms with Gasteiger partial charge in [0.25, 0.3) is 0 Å². The van der Waals surface area contributed by atoms with Crippen LogP contribution >= 0.6 is 0 Å². The number of unbranched alkanes of at least 4 members (excludes halogenated alkanes) is 7. The predicted molar refractivity (Wildman–Crippen MR) is 156 cm³/mol. The number of carbonyl (C=O) groups excluding carboxylic acids is 1. The number of alkyl halides is 3. The largest absolute Gasteiger partial charge is 0.389 e. The molecule has 0 aliphatic carbocycles. The van der Waals surface area contributed by atoms with Crippen LogP contribution in [-0.2, 0) is 13.0 Å². The van der Waals surface area contributed by atoms with Gasteiger partial charge in [-0.25, -0.2) is 4.98 Å². The summed E-state index contributed by atoms with van der Waals surface area (Å²) in [6, 6.07) is 16.8. The van der Waals surface area contributed by atoms with Crippen molar-refractivity contribution in [3.05, 3.63) is 59.9 Å². The van der Waals surface area contributed by atoms with Gasteiger partial charge in [-0.2, -0.15) is 13.2 Å². The monoisotopic (exact) mass is 556 g/mol. The number of imidazole rings is 1. The van der Waals surface area contributed by atoms with Crippen molar-refractivity contribution in [3.8, 4) is 0 Å². The number of benzene rings is 2. The van der Waals surface area contributed by atoms with Crippen molar-refractivity contribution in [2.24, 2.45) is 0 Å². The van der Waals surface area contributed by atoms with Crippen molar-refractivity contribution in [1.82, 2.24) is 14.5 Å². The highest BCUT2D eigenvalue weighted by Gasteiger charge is 2.25. The highest BCUT2D eigenvalue weighted by molar-refractivity contribution is 5.82. The minimum absolute atomic E-state index is 0.262. The van der Waals surface area contributed by atoms with Gasteiger partial charge in [0.2, 0.25) is 0 Å². The molecule has 0 radical (unpaired) electrons. The number of carbonyl (C=O) groups is 1. The summed E-state index contributed by atoms with van der Waals surface area (Å²) in [5, 5.41) is 0. The van der Waals surface area contributed by atoms with Crippen LogP contribution < -0.4 is 4.90 Å². The number of fused-ring (bicyclic) bond motifs is 1. The lowest BCUT2D eigenvalue weighted by Gasteiger charge is -2.36. The molecule has 1 aromatic heterocycles. The molecular weight excluding hydrogens is 513 g/mol. The van der Waals surface area contributed by atoms with Crippen LogP contribution in [0.15, 0.2) is 48.5 Å². The van der Waals surface area contributed by atoms with E-state index in [1.165, 1.54) is 11.3 Å². The highest BCUT2D eigenvalue weighted by atomic mass is 19.4. The zero-order chi connectivity index (χ0) is 28.2. The summed E-state index contributed by atoms with van der Waals surface area (Å²) >= 11 is 0. The van der Waals surface area contributed by atoms with E-state index in [1.54, 1.807) is 0 Å². The Balaban J connectivity index is 1.10. The van der Waals surface area contributed by atoms with E-state index in [-0.39, 0.29) is 6.42 Å². The average molecular weight is 557 g/mol. The van der Waals surface area contributed by atoms with Gasteiger partial charge in [0.1, 0.15) is 0 Å². The Bertz CT molecular complexity index is 1180. The van der Waals surface area contributed by atoms with Crippen LogP contribution in [0.3, 0.4) is 0 Å². The molecule has 1 fully saturated rings. The lowest BCUT2D eigenvalue weighted by Crippen LogP contribution is -2.46. The highest BCUT2D eigenvalue weighted by Crippen LogP contribution is 2.24. The van der Waals surface area contributed by atoms with Crippen molar-refractivity contribution in [2.75, 3.05) is 37.6 Å². The minimum Gasteiger partial charge on any atom is -0.369 e. The molecule has 1 aliphatic rings. The van der Waals surface area contributed by atoms with E-state index < -0.39 is 12.6 Å². The number of aromatic nitrogens is 2. The molecule has 218 valence electrons. The van der Waals surface area contributed by atoms with E-state index >= 15 is 0 Å². The lowest BCUT2D eigenvalue weighted by molar-refractivity contribution is -0.135. The number of halogens is 3. The Morgan fingerprint density at radius 2 is 1.48 bits per heavy atom. The van der Waals surface area contributed by atoms with E-state index in [0.717, 1.165) is 108 Å². The third-order valence-electron chi connectivity index (χ3n) is 7.97. The zero-order valence-corrected chi connectivity index (χ0v) is 23.5. The third kappa shape index (κ3) is 9.36. The maximum absolute atomic E-state index is 12.2. The predicted octanol–water partition coefficient (Wildman–Crippen LogP) is 7.68. The van der Waals surface area contributed by atoms with Crippen molar-refractivity contribution in [1.29, 1.82) is 0 Å². The topological polar surface area (TPSA) is 41.4 Å². The summed E-state index contributed by atoms with van der Waals surface area (Å²) in [6.07, 6.45) is 5.60. The van der Waals surface area contributed by atoms with Crippen LogP contribution in [0.5, 0.6) is 0 Å². The Morgan fingerprint density at radius 3 is 2.23 bits per heavy atom. The number of para-hydroxylation sites is 2. The third-order valence-corrected chi connectivity index (χ3v) is 7.97. The van der Waals surface area contributed by atoms with Crippen molar-refractivity contribution < 1.29 is 18.0 Å². The quantitative estimate of drug-likeness (QED) is 0.134. The molecule has 4 rings (SSSR count). The van der Waals surface area contributed by atoms with Crippen LogP contribution in [0.25, 0.3) is 11.0 Å². The van der Waals surface area contributed by atoms with Gasteiger partial charge in [0.15, 0.2) is 12.1 Å². The summed E-state index contributed by atoms with van der Waals surface area (Å²) in [7, 11) is 0. The molecule has 40 heavy (non-hydrogen) atoms. The van der Waals surface area contributed by atoms with Crippen molar-refractivity contribution >= 4 is 23.0 Å². The molecular formula is C32H43F3N4O. The first-order valence-electron chi connectivity index (χ1n) is 15.0. The van der Waals surface area contributed by atoms with Gasteiger partial charge < -0.3 is 9.47 Å². The van der Waals surface area contributed by atoms with Crippen LogP contribution in [-0.4, -0.2) is 59.6 Å². The van der Waals surface area contributed by atoms with Gasteiger partial charge in [-0.1, -0.05) is 56.4 Å². The number of anilines is 1. The first kappa shape index (κ1) is 30.1. The molecule has 2 aromatic carbocycles. The maximum atomic E-state index is 12.2. The van der Waals surface area contributed by atoms with E-state index in [2.05, 4.69) is 39.0 Å². The van der Waals surface area contributed by atoms with Gasteiger partial charge in [-0.05, 0) is 68.5 Å². The first-order valence-corrected chi connectivity index (χ1v) is 15.0. The van der Waals surface area contributed by atoms with Crippen molar-refractivity contribution in [3.63, 3.8) is 0 Å². The summed E-state index contributed by atoms with van der Waals surface area (Å²) in [5.41, 5.74) is 4.57. The fourth-order valence-corrected chi connectivity index (χ4v) is 5.70. The molecule has 0 N–H and O–H groups in total. The van der Waals surface area contributed by atoms with Gasteiger partial charge in [-0.3, -0.25) is 9.69 Å². The molecule has 0 spiro atoms. The van der Waals surface area contributed by atoms with E-state index in [0.29, 0.717) is 12.2 Å². The maximum Gasteiger partial charge on any atom is 0.389 e. The second-order valence-electron chi connectivity index (χ2n) is 11.0. The number of hydrogen-bond donors (Lipinski definition) is 0. The lowest BCUT2D eigenvalue weighted by atomic mass is 10.0. The molecule has 3 aromatic rings. The molecule has 0 bridgehead atoms. The first-order chi connectivity index (χ1) is 19.4. The van der Waals surface area contributed by atoms with Gasteiger partial charge in [0, 0.05) is 44.8 Å². The second-order valence-corrected chi connectivity index (χ2v) is 11.0. The minimum atomic E-state index is -4.01. The fourth-order valence-electron chi connectivity index (χ4n) is 5.70. The van der Waals surface area contributed by atoms with Crippen LogP contribution in [0.2, 0.25) is 0 Å². The molecule has 0 amide bonds. The van der Waals surface area contributed by atoms with Crippen LogP contribution in [0.1, 0.15) is 80.4 Å². The van der Waals surface area contributed by atoms with Gasteiger partial charge in [-0.15, -0.1) is 0 Å². The molecule has 1 saturated heterocycles. The van der Waals surface area contributed by atoms with Gasteiger partial charge in [0.05, 0.1) is 11.0 Å². The van der Waals surface area contributed by atoms with Crippen LogP contribution in [0.4, 0.5) is 18.9 Å². The Kier molecular flexibility index (Phi) is 11.5. The number of hydrogen-bond acceptors (Lipinski definition) is 4. The Morgan fingerprint density at radius 1 is 0.775 bits per heavy atom. The molecule has 0 atom stereocenters. The number of aldehydes is 1. The Labute approximate surface area is 236 Å². The SMILES string of the molecule is O=Cc1nc2ccccc2n1CCCCN1CCN(c2cccc(CCCCCCCCCC(F)(F)F)c2)CC1. The molecule has 0 saturated carbocycles. The molecule has 5 nitrogen and oxygen atoms in total. The number of aryl methyl sites for hydroxylation is 2. The Hall–Kier alpha value is -2.87. The molecule has 2 heterocycles. The average Bonchev–Trinajstić information content (AvgIpc) is 3.32. The molecule has 8 heteroatoms. The summed E-state index contributed by atoms with van der Waals surface area (Å²) in [4.78, 5) is 20.9. The normalized spacial score (nSPS) is 14.7. The second kappa shape index (κ2) is 15.2. The van der Waals surface area contributed by atoms with Crippen LogP contribution in [0, 0.1) is 0 Å². The fraction of sp³-hybridized carbons (Fsp3) is 0.562. The number of piperazine rings is 1. The summed E-state index contributed by atoms with van der Waals surface area (Å²) < 4.78 is 38.6. The van der Waals surface area contributed by atoms with E-state index in [1.807, 2.05) is 28.8 Å². The molecule has 1 aliphatic heterocycles. The smallest absolute Gasteiger partial charge is 0.369 e. The van der Waals surface area contributed by atoms with E-state index in [9.17, 15) is 18.0 Å². The number of rotatable bonds is 16. The van der Waals surface area contributed by atoms with E-state index in [4.69, 9.17) is 0 Å². The summed E-state index contributed by atoms with van der Waals surface area (Å²) in [5.74, 6) is 0.510. The van der Waals surface area contributed by atoms with Gasteiger partial charge >= 0.3 is 6.18 Å². The number of nitrogens with zero attached hydrogens (tertiary/aromatic N) is 4. The zero-order valence-electron chi connectivity index (χ0n) is 23.5. The summed E-state index contributed by atoms with van der Waals surface area (Å²) in [6.45, 7) is 6.04.